The zero-order valence-corrected chi connectivity index (χ0v) is 13.6. The summed E-state index contributed by atoms with van der Waals surface area (Å²) in [6.45, 7) is 8.09. The van der Waals surface area contributed by atoms with Gasteiger partial charge < -0.3 is 15.2 Å². The SMILES string of the molecule is CC(C)(C)c1ccccc1OCCOc1cccc(CN)c1. The minimum atomic E-state index is 0.0624. The molecule has 0 atom stereocenters. The minimum Gasteiger partial charge on any atom is -0.490 e. The molecule has 2 N–H and O–H groups in total. The van der Waals surface area contributed by atoms with Crippen molar-refractivity contribution in [3.8, 4) is 11.5 Å². The summed E-state index contributed by atoms with van der Waals surface area (Å²) in [4.78, 5) is 0. The van der Waals surface area contributed by atoms with E-state index >= 15 is 0 Å². The molecule has 2 rings (SSSR count). The molecular weight excluding hydrogens is 274 g/mol. The van der Waals surface area contributed by atoms with E-state index in [1.165, 1.54) is 5.56 Å². The average Bonchev–Trinajstić information content (AvgIpc) is 2.51. The van der Waals surface area contributed by atoms with E-state index in [1.807, 2.05) is 42.5 Å². The predicted octanol–water partition coefficient (Wildman–Crippen LogP) is 3.90. The first kappa shape index (κ1) is 16.4. The van der Waals surface area contributed by atoms with E-state index < -0.39 is 0 Å². The van der Waals surface area contributed by atoms with Gasteiger partial charge >= 0.3 is 0 Å². The molecule has 2 aromatic carbocycles. The van der Waals surface area contributed by atoms with Crippen LogP contribution in [0.5, 0.6) is 11.5 Å². The highest BCUT2D eigenvalue weighted by Gasteiger charge is 2.18. The standard InChI is InChI=1S/C19H25NO2/c1-19(2,3)17-9-4-5-10-18(17)22-12-11-21-16-8-6-7-15(13-16)14-20/h4-10,13H,11-12,14,20H2,1-3H3. The van der Waals surface area contributed by atoms with Crippen molar-refractivity contribution in [2.75, 3.05) is 13.2 Å². The van der Waals surface area contributed by atoms with Crippen molar-refractivity contribution in [1.82, 2.24) is 0 Å². The molecule has 22 heavy (non-hydrogen) atoms. The molecule has 0 saturated heterocycles. The number of rotatable bonds is 6. The summed E-state index contributed by atoms with van der Waals surface area (Å²) >= 11 is 0. The van der Waals surface area contributed by atoms with Crippen LogP contribution in [-0.4, -0.2) is 13.2 Å². The molecule has 2 aromatic rings. The fraction of sp³-hybridized carbons (Fsp3) is 0.368. The summed E-state index contributed by atoms with van der Waals surface area (Å²) < 4.78 is 11.6. The lowest BCUT2D eigenvalue weighted by Gasteiger charge is -2.22. The van der Waals surface area contributed by atoms with Gasteiger partial charge in [0, 0.05) is 6.54 Å². The van der Waals surface area contributed by atoms with Crippen LogP contribution in [0.25, 0.3) is 0 Å². The Morgan fingerprint density at radius 1 is 0.909 bits per heavy atom. The lowest BCUT2D eigenvalue weighted by Crippen LogP contribution is -2.15. The third-order valence-corrected chi connectivity index (χ3v) is 3.44. The minimum absolute atomic E-state index is 0.0624. The first-order valence-corrected chi connectivity index (χ1v) is 7.65. The van der Waals surface area contributed by atoms with Crippen molar-refractivity contribution < 1.29 is 9.47 Å². The summed E-state index contributed by atoms with van der Waals surface area (Å²) in [6.07, 6.45) is 0. The molecule has 0 spiro atoms. The summed E-state index contributed by atoms with van der Waals surface area (Å²) in [6, 6.07) is 16.0. The van der Waals surface area contributed by atoms with E-state index in [-0.39, 0.29) is 5.41 Å². The van der Waals surface area contributed by atoms with Gasteiger partial charge in [-0.15, -0.1) is 0 Å². The molecule has 3 nitrogen and oxygen atoms in total. The summed E-state index contributed by atoms with van der Waals surface area (Å²) in [7, 11) is 0. The maximum atomic E-state index is 5.89. The topological polar surface area (TPSA) is 44.5 Å². The Labute approximate surface area is 133 Å². The monoisotopic (exact) mass is 299 g/mol. The lowest BCUT2D eigenvalue weighted by molar-refractivity contribution is 0.214. The molecule has 3 heteroatoms. The number of hydrogen-bond acceptors (Lipinski definition) is 3. The Bertz CT molecular complexity index is 602. The second kappa shape index (κ2) is 7.32. The largest absolute Gasteiger partial charge is 0.490 e. The molecule has 0 radical (unpaired) electrons. The van der Waals surface area contributed by atoms with Crippen LogP contribution in [0.15, 0.2) is 48.5 Å². The van der Waals surface area contributed by atoms with Crippen molar-refractivity contribution in [1.29, 1.82) is 0 Å². The van der Waals surface area contributed by atoms with Crippen molar-refractivity contribution in [2.45, 2.75) is 32.7 Å². The van der Waals surface area contributed by atoms with E-state index in [0.717, 1.165) is 17.1 Å². The van der Waals surface area contributed by atoms with Gasteiger partial charge in [-0.2, -0.15) is 0 Å². The first-order valence-electron chi connectivity index (χ1n) is 7.65. The van der Waals surface area contributed by atoms with Crippen LogP contribution in [0.1, 0.15) is 31.9 Å². The number of ether oxygens (including phenoxy) is 2. The van der Waals surface area contributed by atoms with Gasteiger partial charge in [0.2, 0.25) is 0 Å². The van der Waals surface area contributed by atoms with E-state index in [9.17, 15) is 0 Å². The maximum Gasteiger partial charge on any atom is 0.123 e. The van der Waals surface area contributed by atoms with Gasteiger partial charge in [-0.25, -0.2) is 0 Å². The Morgan fingerprint density at radius 2 is 1.64 bits per heavy atom. The fourth-order valence-corrected chi connectivity index (χ4v) is 2.29. The molecular formula is C19H25NO2. The van der Waals surface area contributed by atoms with Gasteiger partial charge in [-0.05, 0) is 34.7 Å². The van der Waals surface area contributed by atoms with E-state index in [0.29, 0.717) is 19.8 Å². The molecule has 0 amide bonds. The van der Waals surface area contributed by atoms with Crippen LogP contribution in [0, 0.1) is 0 Å². The third-order valence-electron chi connectivity index (χ3n) is 3.44. The van der Waals surface area contributed by atoms with Gasteiger partial charge in [-0.1, -0.05) is 51.1 Å². The van der Waals surface area contributed by atoms with Crippen LogP contribution in [-0.2, 0) is 12.0 Å². The predicted molar refractivity (Wildman–Crippen MR) is 90.5 cm³/mol. The van der Waals surface area contributed by atoms with Crippen molar-refractivity contribution >= 4 is 0 Å². The zero-order valence-electron chi connectivity index (χ0n) is 13.6. The first-order chi connectivity index (χ1) is 10.5. The molecule has 0 saturated carbocycles. The molecule has 0 unspecified atom stereocenters. The van der Waals surface area contributed by atoms with Crippen molar-refractivity contribution in [3.63, 3.8) is 0 Å². The lowest BCUT2D eigenvalue weighted by atomic mass is 9.86. The number of nitrogens with two attached hydrogens (primary N) is 1. The van der Waals surface area contributed by atoms with E-state index in [4.69, 9.17) is 15.2 Å². The van der Waals surface area contributed by atoms with Crippen LogP contribution in [0.4, 0.5) is 0 Å². The van der Waals surface area contributed by atoms with Crippen LogP contribution in [0.2, 0.25) is 0 Å². The number of hydrogen-bond donors (Lipinski definition) is 1. The zero-order chi connectivity index (χ0) is 16.0. The van der Waals surface area contributed by atoms with Crippen LogP contribution >= 0.6 is 0 Å². The number of para-hydroxylation sites is 1. The van der Waals surface area contributed by atoms with E-state index in [2.05, 4.69) is 26.8 Å². The molecule has 0 heterocycles. The van der Waals surface area contributed by atoms with Crippen LogP contribution < -0.4 is 15.2 Å². The van der Waals surface area contributed by atoms with Gasteiger partial charge in [0.15, 0.2) is 0 Å². The van der Waals surface area contributed by atoms with Gasteiger partial charge in [-0.3, -0.25) is 0 Å². The quantitative estimate of drug-likeness (QED) is 0.823. The summed E-state index contributed by atoms with van der Waals surface area (Å²) in [5.74, 6) is 1.75. The highest BCUT2D eigenvalue weighted by Crippen LogP contribution is 2.30. The second-order valence-corrected chi connectivity index (χ2v) is 6.29. The molecule has 0 aromatic heterocycles. The molecule has 0 aliphatic rings. The fourth-order valence-electron chi connectivity index (χ4n) is 2.29. The number of benzene rings is 2. The van der Waals surface area contributed by atoms with Crippen LogP contribution in [0.3, 0.4) is 0 Å². The maximum absolute atomic E-state index is 5.89. The Kier molecular flexibility index (Phi) is 5.45. The Morgan fingerprint density at radius 3 is 2.36 bits per heavy atom. The normalized spacial score (nSPS) is 11.3. The second-order valence-electron chi connectivity index (χ2n) is 6.29. The molecule has 0 aliphatic heterocycles. The Balaban J connectivity index is 1.89. The van der Waals surface area contributed by atoms with Gasteiger partial charge in [0.25, 0.3) is 0 Å². The van der Waals surface area contributed by atoms with Gasteiger partial charge in [0.1, 0.15) is 24.7 Å². The molecule has 0 aliphatic carbocycles. The van der Waals surface area contributed by atoms with E-state index in [1.54, 1.807) is 0 Å². The molecule has 0 fully saturated rings. The highest BCUT2D eigenvalue weighted by molar-refractivity contribution is 5.38. The highest BCUT2D eigenvalue weighted by atomic mass is 16.5. The third kappa shape index (κ3) is 4.50. The van der Waals surface area contributed by atoms with Gasteiger partial charge in [0.05, 0.1) is 0 Å². The smallest absolute Gasteiger partial charge is 0.123 e. The molecule has 118 valence electrons. The molecule has 0 bridgehead atoms. The Hall–Kier alpha value is -2.00. The summed E-state index contributed by atoms with van der Waals surface area (Å²) in [5, 5.41) is 0. The van der Waals surface area contributed by atoms with Crippen molar-refractivity contribution in [2.24, 2.45) is 5.73 Å². The van der Waals surface area contributed by atoms with Crippen molar-refractivity contribution in [3.05, 3.63) is 59.7 Å². The average molecular weight is 299 g/mol. The summed E-state index contributed by atoms with van der Waals surface area (Å²) in [5.41, 5.74) is 7.96.